The number of nitrogens with one attached hydrogen (secondary N) is 1. The van der Waals surface area contributed by atoms with Crippen LogP contribution in [0.15, 0.2) is 11.4 Å². The van der Waals surface area contributed by atoms with Gasteiger partial charge in [0.15, 0.2) is 0 Å². The zero-order valence-corrected chi connectivity index (χ0v) is 17.1. The number of hydrogen-bond donors (Lipinski definition) is 1. The molecule has 1 spiro atoms. The van der Waals surface area contributed by atoms with Gasteiger partial charge in [0.25, 0.3) is 5.91 Å². The number of carbonyl (C=O) groups excluding carboxylic acids is 1. The van der Waals surface area contributed by atoms with E-state index in [-0.39, 0.29) is 22.9 Å². The molecule has 150 valence electrons. The van der Waals surface area contributed by atoms with Gasteiger partial charge in [-0.05, 0) is 44.1 Å². The molecule has 1 aromatic rings. The number of nitrogens with zero attached hydrogens (tertiary/aromatic N) is 1. The Morgan fingerprint density at radius 2 is 2.11 bits per heavy atom. The van der Waals surface area contributed by atoms with E-state index in [1.807, 2.05) is 23.3 Å². The van der Waals surface area contributed by atoms with Crippen LogP contribution in [0.2, 0.25) is 0 Å². The van der Waals surface area contributed by atoms with Crippen molar-refractivity contribution in [1.29, 1.82) is 0 Å². The quantitative estimate of drug-likeness (QED) is 0.738. The first-order valence-electron chi connectivity index (χ1n) is 9.58. The highest BCUT2D eigenvalue weighted by Crippen LogP contribution is 2.42. The second kappa shape index (κ2) is 7.35. The molecule has 0 unspecified atom stereocenters. The normalized spacial score (nSPS) is 24.6. The molecule has 0 aromatic carbocycles. The van der Waals surface area contributed by atoms with Crippen LogP contribution in [0, 0.1) is 0 Å². The maximum atomic E-state index is 12.8. The molecule has 3 fully saturated rings. The van der Waals surface area contributed by atoms with Crippen molar-refractivity contribution in [3.05, 3.63) is 16.3 Å². The molecule has 2 saturated heterocycles. The summed E-state index contributed by atoms with van der Waals surface area (Å²) in [6.07, 6.45) is 3.92. The summed E-state index contributed by atoms with van der Waals surface area (Å²) in [7, 11) is -3.15. The third-order valence-corrected chi connectivity index (χ3v) is 8.38. The summed E-state index contributed by atoms with van der Waals surface area (Å²) in [6.45, 7) is 4.12. The van der Waals surface area contributed by atoms with Gasteiger partial charge < -0.3 is 14.4 Å². The van der Waals surface area contributed by atoms with E-state index < -0.39 is 10.0 Å². The highest BCUT2D eigenvalue weighted by atomic mass is 32.2. The number of thiophene rings is 1. The van der Waals surface area contributed by atoms with Crippen molar-refractivity contribution in [2.45, 2.75) is 56.0 Å². The van der Waals surface area contributed by atoms with Crippen LogP contribution in [0.1, 0.15) is 48.7 Å². The number of ether oxygens (including phenoxy) is 2. The fourth-order valence-electron chi connectivity index (χ4n) is 3.88. The van der Waals surface area contributed by atoms with Crippen molar-refractivity contribution in [2.24, 2.45) is 0 Å². The number of sulfonamides is 1. The Morgan fingerprint density at radius 1 is 1.41 bits per heavy atom. The minimum atomic E-state index is -3.15. The first-order valence-corrected chi connectivity index (χ1v) is 12.0. The smallest absolute Gasteiger partial charge is 0.267 e. The van der Waals surface area contributed by atoms with Crippen LogP contribution < -0.4 is 9.46 Å². The van der Waals surface area contributed by atoms with Gasteiger partial charge in [0.05, 0.1) is 23.6 Å². The molecule has 1 aliphatic carbocycles. The zero-order valence-electron chi connectivity index (χ0n) is 15.5. The van der Waals surface area contributed by atoms with Crippen LogP contribution in [0.3, 0.4) is 0 Å². The zero-order chi connectivity index (χ0) is 19.1. The van der Waals surface area contributed by atoms with Crippen molar-refractivity contribution in [2.75, 3.05) is 26.2 Å². The lowest BCUT2D eigenvalue weighted by Crippen LogP contribution is -2.59. The van der Waals surface area contributed by atoms with E-state index in [9.17, 15) is 13.2 Å². The Kier molecular flexibility index (Phi) is 5.22. The molecular weight excluding hydrogens is 388 g/mol. The second-order valence-corrected chi connectivity index (χ2v) is 10.5. The Labute approximate surface area is 164 Å². The monoisotopic (exact) mass is 414 g/mol. The number of likely N-dealkylation sites (tertiary alicyclic amines) is 1. The number of hydrogen-bond acceptors (Lipinski definition) is 6. The minimum absolute atomic E-state index is 0.0244. The molecule has 3 heterocycles. The molecule has 0 bridgehead atoms. The molecule has 3 aliphatic rings. The lowest BCUT2D eigenvalue weighted by atomic mass is 9.80. The average molecular weight is 415 g/mol. The number of rotatable bonds is 7. The molecule has 9 heteroatoms. The highest BCUT2D eigenvalue weighted by Gasteiger charge is 2.48. The third kappa shape index (κ3) is 4.01. The minimum Gasteiger partial charge on any atom is -0.492 e. The molecule has 1 aromatic heterocycles. The van der Waals surface area contributed by atoms with Gasteiger partial charge in [-0.1, -0.05) is 0 Å². The van der Waals surface area contributed by atoms with Gasteiger partial charge in [-0.3, -0.25) is 4.79 Å². The first-order chi connectivity index (χ1) is 12.9. The third-order valence-electron chi connectivity index (χ3n) is 5.58. The van der Waals surface area contributed by atoms with Crippen molar-refractivity contribution < 1.29 is 22.7 Å². The van der Waals surface area contributed by atoms with Gasteiger partial charge in [-0.25, -0.2) is 13.1 Å². The largest absolute Gasteiger partial charge is 0.492 e. The first kappa shape index (κ1) is 19.2. The summed E-state index contributed by atoms with van der Waals surface area (Å²) >= 11 is 1.41. The second-order valence-electron chi connectivity index (χ2n) is 7.56. The number of piperidine rings is 1. The lowest BCUT2D eigenvalue weighted by Gasteiger charge is -2.52. The van der Waals surface area contributed by atoms with Crippen LogP contribution in [0.5, 0.6) is 5.75 Å². The van der Waals surface area contributed by atoms with E-state index >= 15 is 0 Å². The molecule has 1 atom stereocenters. The summed E-state index contributed by atoms with van der Waals surface area (Å²) in [4.78, 5) is 15.3. The van der Waals surface area contributed by atoms with Crippen LogP contribution in [-0.4, -0.2) is 62.4 Å². The van der Waals surface area contributed by atoms with Crippen molar-refractivity contribution in [1.82, 2.24) is 9.62 Å². The summed E-state index contributed by atoms with van der Waals surface area (Å²) in [5, 5.41) is 1.69. The molecule has 2 aliphatic heterocycles. The maximum Gasteiger partial charge on any atom is 0.267 e. The molecule has 1 amide bonds. The SMILES string of the molecule is CCOc1ccsc1C(=O)N1CCC2(CC1)C[C@H](CNS(=O)(=O)C1CC1)O2. The van der Waals surface area contributed by atoms with Crippen molar-refractivity contribution >= 4 is 27.3 Å². The maximum absolute atomic E-state index is 12.8. The van der Waals surface area contributed by atoms with Gasteiger partial charge in [0.2, 0.25) is 10.0 Å². The summed E-state index contributed by atoms with van der Waals surface area (Å²) in [5.41, 5.74) is -0.190. The van der Waals surface area contributed by atoms with E-state index in [1.54, 1.807) is 0 Å². The van der Waals surface area contributed by atoms with Crippen LogP contribution in [-0.2, 0) is 14.8 Å². The molecule has 7 nitrogen and oxygen atoms in total. The highest BCUT2D eigenvalue weighted by molar-refractivity contribution is 7.90. The summed E-state index contributed by atoms with van der Waals surface area (Å²) < 4.78 is 38.0. The standard InChI is InChI=1S/C18H26N2O5S2/c1-2-24-15-5-10-26-16(15)17(21)20-8-6-18(7-9-20)11-13(25-18)12-19-27(22,23)14-3-4-14/h5,10,13-14,19H,2-4,6-9,11-12H2,1H3/t13-/m1/s1. The molecule has 0 radical (unpaired) electrons. The van der Waals surface area contributed by atoms with Crippen LogP contribution in [0.4, 0.5) is 0 Å². The lowest BCUT2D eigenvalue weighted by molar-refractivity contribution is -0.219. The molecule has 1 saturated carbocycles. The van der Waals surface area contributed by atoms with E-state index in [2.05, 4.69) is 4.72 Å². The number of amides is 1. The number of carbonyl (C=O) groups is 1. The van der Waals surface area contributed by atoms with Gasteiger partial charge in [-0.15, -0.1) is 11.3 Å². The average Bonchev–Trinajstić information content (AvgIpc) is 3.39. The predicted octanol–water partition coefficient (Wildman–Crippen LogP) is 1.99. The van der Waals surface area contributed by atoms with E-state index in [4.69, 9.17) is 9.47 Å². The Morgan fingerprint density at radius 3 is 2.74 bits per heavy atom. The van der Waals surface area contributed by atoms with E-state index in [0.29, 0.717) is 36.9 Å². The van der Waals surface area contributed by atoms with Gasteiger partial charge >= 0.3 is 0 Å². The topological polar surface area (TPSA) is 84.9 Å². The Hall–Kier alpha value is -1.16. The molecular formula is C18H26N2O5S2. The van der Waals surface area contributed by atoms with Gasteiger partial charge in [0, 0.05) is 26.1 Å². The van der Waals surface area contributed by atoms with Crippen molar-refractivity contribution in [3.8, 4) is 5.75 Å². The van der Waals surface area contributed by atoms with Crippen LogP contribution >= 0.6 is 11.3 Å². The van der Waals surface area contributed by atoms with Crippen molar-refractivity contribution in [3.63, 3.8) is 0 Å². The van der Waals surface area contributed by atoms with Gasteiger partial charge in [-0.2, -0.15) is 0 Å². The molecule has 27 heavy (non-hydrogen) atoms. The molecule has 1 N–H and O–H groups in total. The van der Waals surface area contributed by atoms with Gasteiger partial charge in [0.1, 0.15) is 10.6 Å². The predicted molar refractivity (Wildman–Crippen MR) is 103 cm³/mol. The summed E-state index contributed by atoms with van der Waals surface area (Å²) in [5.74, 6) is 0.687. The molecule has 4 rings (SSSR count). The summed E-state index contributed by atoms with van der Waals surface area (Å²) in [6, 6.07) is 1.84. The van der Waals surface area contributed by atoms with E-state index in [0.717, 1.165) is 32.1 Å². The fourth-order valence-corrected chi connectivity index (χ4v) is 6.09. The Balaban J connectivity index is 1.25. The van der Waals surface area contributed by atoms with Crippen LogP contribution in [0.25, 0.3) is 0 Å². The van der Waals surface area contributed by atoms with E-state index in [1.165, 1.54) is 11.3 Å². The Bertz CT molecular complexity index is 786. The fraction of sp³-hybridized carbons (Fsp3) is 0.722.